The van der Waals surface area contributed by atoms with E-state index in [1.54, 1.807) is 17.4 Å². The summed E-state index contributed by atoms with van der Waals surface area (Å²) in [5, 5.41) is 3.92. The molecule has 1 N–H and O–H groups in total. The number of furan rings is 1. The summed E-state index contributed by atoms with van der Waals surface area (Å²) in [5.41, 5.74) is 0.966. The smallest absolute Gasteiger partial charge is 0.287 e. The second kappa shape index (κ2) is 8.10. The van der Waals surface area contributed by atoms with Crippen LogP contribution in [0.2, 0.25) is 0 Å². The molecular formula is C21H23N3O3S2. The molecule has 2 aromatic heterocycles. The van der Waals surface area contributed by atoms with Crippen LogP contribution >= 0.6 is 23.1 Å². The van der Waals surface area contributed by atoms with Crippen molar-refractivity contribution in [2.75, 3.05) is 44.4 Å². The zero-order valence-corrected chi connectivity index (χ0v) is 17.7. The van der Waals surface area contributed by atoms with Crippen LogP contribution in [-0.2, 0) is 4.74 Å². The van der Waals surface area contributed by atoms with E-state index in [0.717, 1.165) is 59.5 Å². The van der Waals surface area contributed by atoms with Gasteiger partial charge in [0.2, 0.25) is 0 Å². The Balaban J connectivity index is 1.28. The van der Waals surface area contributed by atoms with Crippen molar-refractivity contribution in [2.24, 2.45) is 0 Å². The molecule has 0 unspecified atom stereocenters. The van der Waals surface area contributed by atoms with Crippen molar-refractivity contribution in [1.82, 2.24) is 15.2 Å². The number of carbonyl (C=O) groups excluding carboxylic acids is 1. The molecule has 152 valence electrons. The SMILES string of the molecule is O=C(NC[C@@]1(N2CCOCC2)CCSC1)c1ccc(-c2nc3ccccc3s2)o1. The number of para-hydroxylation sites is 1. The molecule has 6 nitrogen and oxygen atoms in total. The predicted molar refractivity (Wildman–Crippen MR) is 117 cm³/mol. The first-order valence-corrected chi connectivity index (χ1v) is 11.9. The van der Waals surface area contributed by atoms with Crippen LogP contribution in [0.25, 0.3) is 21.0 Å². The van der Waals surface area contributed by atoms with Gasteiger partial charge in [0.1, 0.15) is 0 Å². The average molecular weight is 430 g/mol. The third-order valence-corrected chi connectivity index (χ3v) is 7.96. The van der Waals surface area contributed by atoms with Gasteiger partial charge >= 0.3 is 0 Å². The van der Waals surface area contributed by atoms with E-state index in [1.165, 1.54) is 0 Å². The molecule has 2 aliphatic heterocycles. The van der Waals surface area contributed by atoms with Crippen molar-refractivity contribution in [2.45, 2.75) is 12.0 Å². The predicted octanol–water partition coefficient (Wildman–Crippen LogP) is 3.49. The molecule has 2 fully saturated rings. The summed E-state index contributed by atoms with van der Waals surface area (Å²) in [6, 6.07) is 11.6. The van der Waals surface area contributed by atoms with Crippen LogP contribution in [0, 0.1) is 0 Å². The second-order valence-corrected chi connectivity index (χ2v) is 9.60. The molecule has 5 rings (SSSR count). The van der Waals surface area contributed by atoms with Gasteiger partial charge in [-0.15, -0.1) is 11.3 Å². The summed E-state index contributed by atoms with van der Waals surface area (Å²) >= 11 is 3.53. The maximum Gasteiger partial charge on any atom is 0.287 e. The molecule has 1 atom stereocenters. The van der Waals surface area contributed by atoms with Crippen molar-refractivity contribution in [3.05, 3.63) is 42.2 Å². The van der Waals surface area contributed by atoms with E-state index >= 15 is 0 Å². The molecule has 8 heteroatoms. The summed E-state index contributed by atoms with van der Waals surface area (Å²) in [4.78, 5) is 19.9. The Hall–Kier alpha value is -1.87. The largest absolute Gasteiger partial charge is 0.448 e. The van der Waals surface area contributed by atoms with E-state index in [9.17, 15) is 4.79 Å². The third kappa shape index (κ3) is 3.82. The summed E-state index contributed by atoms with van der Waals surface area (Å²) < 4.78 is 12.5. The standard InChI is InChI=1S/C21H23N3O3S2/c25-19(22-13-21(7-12-28-14-21)24-8-10-26-11-9-24)16-5-6-17(27-16)20-23-15-3-1-2-4-18(15)29-20/h1-6H,7-14H2,(H,22,25)/t21-/m0/s1. The molecule has 3 aromatic rings. The number of rotatable bonds is 5. The Labute approximate surface area is 177 Å². The average Bonchev–Trinajstić information content (AvgIpc) is 3.52. The Bertz CT molecular complexity index is 970. The van der Waals surface area contributed by atoms with Crippen LogP contribution in [0.15, 0.2) is 40.8 Å². The molecule has 2 saturated heterocycles. The zero-order valence-electron chi connectivity index (χ0n) is 16.1. The summed E-state index contributed by atoms with van der Waals surface area (Å²) in [6.07, 6.45) is 1.09. The Morgan fingerprint density at radius 3 is 2.86 bits per heavy atom. The first kappa shape index (κ1) is 19.1. The number of morpholine rings is 1. The number of carbonyl (C=O) groups is 1. The number of benzene rings is 1. The summed E-state index contributed by atoms with van der Waals surface area (Å²) in [5.74, 6) is 2.98. The van der Waals surface area contributed by atoms with Crippen molar-refractivity contribution in [1.29, 1.82) is 0 Å². The van der Waals surface area contributed by atoms with Gasteiger partial charge in [-0.2, -0.15) is 11.8 Å². The van der Waals surface area contributed by atoms with Gasteiger partial charge in [0.15, 0.2) is 16.5 Å². The molecular weight excluding hydrogens is 406 g/mol. The van der Waals surface area contributed by atoms with Crippen LogP contribution in [0.1, 0.15) is 17.0 Å². The fraction of sp³-hybridized carbons (Fsp3) is 0.429. The van der Waals surface area contributed by atoms with Gasteiger partial charge in [0.25, 0.3) is 5.91 Å². The maximum atomic E-state index is 12.8. The monoisotopic (exact) mass is 429 g/mol. The lowest BCUT2D eigenvalue weighted by Gasteiger charge is -2.42. The highest BCUT2D eigenvalue weighted by Gasteiger charge is 2.41. The number of hydrogen-bond donors (Lipinski definition) is 1. The Kier molecular flexibility index (Phi) is 5.34. The highest BCUT2D eigenvalue weighted by atomic mass is 32.2. The molecule has 0 spiro atoms. The van der Waals surface area contributed by atoms with Crippen molar-refractivity contribution < 1.29 is 13.9 Å². The maximum absolute atomic E-state index is 12.8. The number of fused-ring (bicyclic) bond motifs is 1. The first-order valence-electron chi connectivity index (χ1n) is 9.88. The number of thioether (sulfide) groups is 1. The van der Waals surface area contributed by atoms with Gasteiger partial charge < -0.3 is 14.5 Å². The molecule has 0 radical (unpaired) electrons. The molecule has 1 aromatic carbocycles. The number of thiazole rings is 1. The number of nitrogens with zero attached hydrogens (tertiary/aromatic N) is 2. The number of nitrogens with one attached hydrogen (secondary N) is 1. The quantitative estimate of drug-likeness (QED) is 0.670. The van der Waals surface area contributed by atoms with Crippen LogP contribution in [0.3, 0.4) is 0 Å². The van der Waals surface area contributed by atoms with Crippen LogP contribution in [0.4, 0.5) is 0 Å². The highest BCUT2D eigenvalue weighted by Crippen LogP contribution is 2.34. The minimum atomic E-state index is -0.165. The molecule has 29 heavy (non-hydrogen) atoms. The molecule has 1 amide bonds. The van der Waals surface area contributed by atoms with E-state index in [-0.39, 0.29) is 11.4 Å². The minimum absolute atomic E-state index is 0.0204. The number of aromatic nitrogens is 1. The molecule has 0 bridgehead atoms. The Morgan fingerprint density at radius 1 is 1.21 bits per heavy atom. The molecule has 2 aliphatic rings. The van der Waals surface area contributed by atoms with Gasteiger partial charge in [-0.25, -0.2) is 4.98 Å². The van der Waals surface area contributed by atoms with E-state index in [0.29, 0.717) is 18.1 Å². The van der Waals surface area contributed by atoms with Gasteiger partial charge in [-0.3, -0.25) is 9.69 Å². The van der Waals surface area contributed by atoms with Crippen LogP contribution in [0.5, 0.6) is 0 Å². The van der Waals surface area contributed by atoms with Gasteiger partial charge in [-0.05, 0) is 36.4 Å². The Morgan fingerprint density at radius 2 is 2.07 bits per heavy atom. The topological polar surface area (TPSA) is 67.6 Å². The fourth-order valence-corrected chi connectivity index (χ4v) is 6.42. The summed E-state index contributed by atoms with van der Waals surface area (Å²) in [6.45, 7) is 4.03. The number of amides is 1. The van der Waals surface area contributed by atoms with Crippen LogP contribution < -0.4 is 5.32 Å². The second-order valence-electron chi connectivity index (χ2n) is 7.46. The molecule has 0 aliphatic carbocycles. The lowest BCUT2D eigenvalue weighted by atomic mass is 9.95. The zero-order chi connectivity index (χ0) is 19.7. The first-order chi connectivity index (χ1) is 14.2. The van der Waals surface area contributed by atoms with Crippen molar-refractivity contribution >= 4 is 39.2 Å². The van der Waals surface area contributed by atoms with Gasteiger partial charge in [0, 0.05) is 30.9 Å². The van der Waals surface area contributed by atoms with E-state index in [1.807, 2.05) is 42.1 Å². The van der Waals surface area contributed by atoms with Gasteiger partial charge in [-0.1, -0.05) is 12.1 Å². The van der Waals surface area contributed by atoms with E-state index in [2.05, 4.69) is 15.2 Å². The highest BCUT2D eigenvalue weighted by molar-refractivity contribution is 7.99. The van der Waals surface area contributed by atoms with E-state index < -0.39 is 0 Å². The normalized spacial score (nSPS) is 22.9. The van der Waals surface area contributed by atoms with Crippen molar-refractivity contribution in [3.8, 4) is 10.8 Å². The molecule has 0 saturated carbocycles. The third-order valence-electron chi connectivity index (χ3n) is 5.68. The van der Waals surface area contributed by atoms with E-state index in [4.69, 9.17) is 9.15 Å². The fourth-order valence-electron chi connectivity index (χ4n) is 4.02. The lowest BCUT2D eigenvalue weighted by Crippen LogP contribution is -2.59. The minimum Gasteiger partial charge on any atom is -0.448 e. The summed E-state index contributed by atoms with van der Waals surface area (Å²) in [7, 11) is 0. The van der Waals surface area contributed by atoms with Gasteiger partial charge in [0.05, 0.1) is 23.4 Å². The molecule has 4 heterocycles. The van der Waals surface area contributed by atoms with Crippen LogP contribution in [-0.4, -0.2) is 65.7 Å². The van der Waals surface area contributed by atoms with Crippen molar-refractivity contribution in [3.63, 3.8) is 0 Å². The lowest BCUT2D eigenvalue weighted by molar-refractivity contribution is -0.0129. The number of ether oxygens (including phenoxy) is 1. The number of hydrogen-bond acceptors (Lipinski definition) is 7.